The van der Waals surface area contributed by atoms with E-state index < -0.39 is 0 Å². The molecule has 3 nitrogen and oxygen atoms in total. The maximum atomic E-state index is 4.09. The van der Waals surface area contributed by atoms with Crippen LogP contribution in [-0.2, 0) is 0 Å². The third-order valence-electron chi connectivity index (χ3n) is 1.35. The lowest BCUT2D eigenvalue weighted by molar-refractivity contribution is 1.31. The van der Waals surface area contributed by atoms with Crippen molar-refractivity contribution >= 4 is 34.6 Å². The minimum Gasteiger partial charge on any atom is -0.330 e. The molecule has 13 heavy (non-hydrogen) atoms. The lowest BCUT2D eigenvalue weighted by atomic mass is 10.4. The molecule has 2 aromatic rings. The van der Waals surface area contributed by atoms with E-state index in [-0.39, 0.29) is 12.4 Å². The first-order valence-corrected chi connectivity index (χ1v) is 4.40. The van der Waals surface area contributed by atoms with Gasteiger partial charge in [0.15, 0.2) is 5.13 Å². The van der Waals surface area contributed by atoms with Crippen molar-refractivity contribution in [2.45, 2.75) is 0 Å². The number of hydrogen-bond acceptors (Lipinski definition) is 4. The summed E-state index contributed by atoms with van der Waals surface area (Å²) >= 11 is 1.57. The fraction of sp³-hybridized carbons (Fsp3) is 0. The Kier molecular flexibility index (Phi) is 3.67. The maximum Gasteiger partial charge on any atom is 0.187 e. The summed E-state index contributed by atoms with van der Waals surface area (Å²) < 4.78 is 0. The van der Waals surface area contributed by atoms with E-state index in [1.165, 1.54) is 0 Å². The van der Waals surface area contributed by atoms with Crippen molar-refractivity contribution in [1.29, 1.82) is 0 Å². The molecule has 2 heterocycles. The van der Waals surface area contributed by atoms with Gasteiger partial charge in [-0.25, -0.2) is 4.98 Å². The number of pyridine rings is 1. The molecule has 0 bridgehead atoms. The molecule has 5 heteroatoms. The largest absolute Gasteiger partial charge is 0.330 e. The molecule has 0 amide bonds. The Bertz CT molecular complexity index is 336. The quantitative estimate of drug-likeness (QED) is 0.834. The van der Waals surface area contributed by atoms with E-state index in [2.05, 4.69) is 15.3 Å². The topological polar surface area (TPSA) is 37.8 Å². The number of anilines is 2. The Morgan fingerprint density at radius 1 is 1.31 bits per heavy atom. The molecule has 0 spiro atoms. The Balaban J connectivity index is 0.000000845. The molecule has 2 rings (SSSR count). The van der Waals surface area contributed by atoms with Crippen LogP contribution in [-0.4, -0.2) is 9.97 Å². The van der Waals surface area contributed by atoms with Gasteiger partial charge in [-0.1, -0.05) is 0 Å². The van der Waals surface area contributed by atoms with Crippen LogP contribution in [0.2, 0.25) is 0 Å². The van der Waals surface area contributed by atoms with Crippen molar-refractivity contribution in [1.82, 2.24) is 9.97 Å². The summed E-state index contributed by atoms with van der Waals surface area (Å²) in [5.41, 5.74) is 0.965. The minimum absolute atomic E-state index is 0. The molecule has 0 aliphatic rings. The van der Waals surface area contributed by atoms with E-state index in [9.17, 15) is 0 Å². The van der Waals surface area contributed by atoms with E-state index in [0.717, 1.165) is 10.8 Å². The zero-order valence-corrected chi connectivity index (χ0v) is 8.31. The average molecular weight is 214 g/mol. The Morgan fingerprint density at radius 2 is 2.23 bits per heavy atom. The second-order valence-electron chi connectivity index (χ2n) is 2.20. The molecule has 0 unspecified atom stereocenters. The summed E-state index contributed by atoms with van der Waals surface area (Å²) in [4.78, 5) is 8.07. The van der Waals surface area contributed by atoms with Gasteiger partial charge in [-0.3, -0.25) is 4.98 Å². The van der Waals surface area contributed by atoms with E-state index in [0.29, 0.717) is 0 Å². The molecule has 2 aromatic heterocycles. The van der Waals surface area contributed by atoms with Crippen LogP contribution < -0.4 is 5.32 Å². The second-order valence-corrected chi connectivity index (χ2v) is 3.10. The summed E-state index contributed by atoms with van der Waals surface area (Å²) in [7, 11) is 0. The lowest BCUT2D eigenvalue weighted by Crippen LogP contribution is -1.88. The molecular weight excluding hydrogens is 206 g/mol. The van der Waals surface area contributed by atoms with Gasteiger partial charge in [0, 0.05) is 17.8 Å². The minimum atomic E-state index is 0. The number of aromatic nitrogens is 2. The summed E-state index contributed by atoms with van der Waals surface area (Å²) in [5.74, 6) is 0. The van der Waals surface area contributed by atoms with Crippen LogP contribution in [0, 0.1) is 0 Å². The van der Waals surface area contributed by atoms with Gasteiger partial charge >= 0.3 is 0 Å². The Morgan fingerprint density at radius 3 is 2.85 bits per heavy atom. The normalized spacial score (nSPS) is 8.92. The van der Waals surface area contributed by atoms with Gasteiger partial charge in [0.2, 0.25) is 0 Å². The van der Waals surface area contributed by atoms with Gasteiger partial charge in [-0.05, 0) is 12.1 Å². The first-order valence-electron chi connectivity index (χ1n) is 3.52. The molecule has 68 valence electrons. The lowest BCUT2D eigenvalue weighted by Gasteiger charge is -1.98. The van der Waals surface area contributed by atoms with Gasteiger partial charge in [-0.2, -0.15) is 0 Å². The molecule has 0 aliphatic heterocycles. The van der Waals surface area contributed by atoms with Crippen molar-refractivity contribution in [3.63, 3.8) is 0 Å². The van der Waals surface area contributed by atoms with Gasteiger partial charge in [0.05, 0.1) is 11.9 Å². The average Bonchev–Trinajstić information content (AvgIpc) is 2.59. The van der Waals surface area contributed by atoms with Crippen molar-refractivity contribution < 1.29 is 0 Å². The highest BCUT2D eigenvalue weighted by Crippen LogP contribution is 2.16. The second kappa shape index (κ2) is 4.79. The van der Waals surface area contributed by atoms with Crippen molar-refractivity contribution in [3.8, 4) is 0 Å². The van der Waals surface area contributed by atoms with E-state index in [1.54, 1.807) is 29.9 Å². The van der Waals surface area contributed by atoms with Crippen LogP contribution in [0.25, 0.3) is 0 Å². The number of thiazole rings is 1. The fourth-order valence-corrected chi connectivity index (χ4v) is 1.39. The first-order chi connectivity index (χ1) is 5.95. The van der Waals surface area contributed by atoms with Crippen LogP contribution >= 0.6 is 23.7 Å². The van der Waals surface area contributed by atoms with Crippen molar-refractivity contribution in [3.05, 3.63) is 36.1 Å². The van der Waals surface area contributed by atoms with Crippen LogP contribution in [0.4, 0.5) is 10.8 Å². The molecule has 0 aliphatic carbocycles. The van der Waals surface area contributed by atoms with Gasteiger partial charge in [0.25, 0.3) is 0 Å². The molecule has 0 saturated carbocycles. The molecule has 0 saturated heterocycles. The monoisotopic (exact) mass is 213 g/mol. The van der Waals surface area contributed by atoms with Crippen LogP contribution in [0.3, 0.4) is 0 Å². The molecule has 0 radical (unpaired) electrons. The summed E-state index contributed by atoms with van der Waals surface area (Å²) in [5, 5.41) is 5.95. The molecular formula is C8H8ClN3S. The smallest absolute Gasteiger partial charge is 0.187 e. The Hall–Kier alpha value is -1.13. The third kappa shape index (κ3) is 2.68. The van der Waals surface area contributed by atoms with Gasteiger partial charge < -0.3 is 5.32 Å². The predicted octanol–water partition coefficient (Wildman–Crippen LogP) is 2.70. The van der Waals surface area contributed by atoms with Crippen molar-refractivity contribution in [2.75, 3.05) is 5.32 Å². The third-order valence-corrected chi connectivity index (χ3v) is 2.03. The van der Waals surface area contributed by atoms with Crippen LogP contribution in [0.15, 0.2) is 36.1 Å². The highest BCUT2D eigenvalue weighted by molar-refractivity contribution is 7.13. The zero-order chi connectivity index (χ0) is 8.23. The van der Waals surface area contributed by atoms with E-state index in [4.69, 9.17) is 0 Å². The Labute approximate surface area is 86.3 Å². The SMILES string of the molecule is Cl.c1cncc(Nc2nccs2)c1. The van der Waals surface area contributed by atoms with Crippen molar-refractivity contribution in [2.24, 2.45) is 0 Å². The van der Waals surface area contributed by atoms with Crippen LogP contribution in [0.1, 0.15) is 0 Å². The van der Waals surface area contributed by atoms with E-state index >= 15 is 0 Å². The van der Waals surface area contributed by atoms with Gasteiger partial charge in [0.1, 0.15) is 0 Å². The highest BCUT2D eigenvalue weighted by Gasteiger charge is 1.93. The molecule has 0 aromatic carbocycles. The summed E-state index contributed by atoms with van der Waals surface area (Å²) in [6.45, 7) is 0. The number of nitrogens with zero attached hydrogens (tertiary/aromatic N) is 2. The van der Waals surface area contributed by atoms with Gasteiger partial charge in [-0.15, -0.1) is 23.7 Å². The number of hydrogen-bond donors (Lipinski definition) is 1. The fourth-order valence-electron chi connectivity index (χ4n) is 0.845. The molecule has 1 N–H and O–H groups in total. The molecule has 0 fully saturated rings. The predicted molar refractivity (Wildman–Crippen MR) is 56.9 cm³/mol. The number of rotatable bonds is 2. The highest BCUT2D eigenvalue weighted by atomic mass is 35.5. The molecule has 0 atom stereocenters. The van der Waals surface area contributed by atoms with E-state index in [1.807, 2.05) is 17.5 Å². The number of halogens is 1. The summed E-state index contributed by atoms with van der Waals surface area (Å²) in [6.07, 6.45) is 5.28. The zero-order valence-electron chi connectivity index (χ0n) is 6.68. The number of nitrogens with one attached hydrogen (secondary N) is 1. The first kappa shape index (κ1) is 9.95. The van der Waals surface area contributed by atoms with Crippen LogP contribution in [0.5, 0.6) is 0 Å². The standard InChI is InChI=1S/C8H7N3S.ClH/c1-2-7(6-9-3-1)11-8-10-4-5-12-8;/h1-6H,(H,10,11);1H. The maximum absolute atomic E-state index is 4.09. The summed E-state index contributed by atoms with van der Waals surface area (Å²) in [6, 6.07) is 3.84.